The lowest BCUT2D eigenvalue weighted by Gasteiger charge is -2.29. The number of nitrogens with zero attached hydrogens (tertiary/aromatic N) is 2. The zero-order valence-corrected chi connectivity index (χ0v) is 13.0. The van der Waals surface area contributed by atoms with E-state index in [1.807, 2.05) is 0 Å². The maximum Gasteiger partial charge on any atom is 0.281 e. The van der Waals surface area contributed by atoms with Crippen LogP contribution in [0.4, 0.5) is 0 Å². The van der Waals surface area contributed by atoms with Crippen molar-refractivity contribution in [3.8, 4) is 0 Å². The summed E-state index contributed by atoms with van der Waals surface area (Å²) in [5.41, 5.74) is 6.19. The average Bonchev–Trinajstić information content (AvgIpc) is 2.68. The fraction of sp³-hybridized carbons (Fsp3) is 1.00. The Balaban J connectivity index is 1.72. The SMILES string of the molecule is NC1CCCC2CN(S(=O)(=O)N3CCCCCC3)CC12. The van der Waals surface area contributed by atoms with E-state index in [0.29, 0.717) is 38.0 Å². The number of hydrogen-bond donors (Lipinski definition) is 1. The van der Waals surface area contributed by atoms with Gasteiger partial charge < -0.3 is 5.73 Å². The highest BCUT2D eigenvalue weighted by Gasteiger charge is 2.44. The molecule has 2 aliphatic heterocycles. The third-order valence-electron chi connectivity index (χ3n) is 5.34. The predicted molar refractivity (Wildman–Crippen MR) is 79.3 cm³/mol. The van der Waals surface area contributed by atoms with Gasteiger partial charge in [0, 0.05) is 32.2 Å². The molecule has 3 rings (SSSR count). The molecule has 0 aromatic rings. The molecule has 2 saturated heterocycles. The topological polar surface area (TPSA) is 66.6 Å². The average molecular weight is 301 g/mol. The molecule has 3 fully saturated rings. The van der Waals surface area contributed by atoms with Gasteiger partial charge in [0.2, 0.25) is 0 Å². The lowest BCUT2D eigenvalue weighted by molar-refractivity contribution is 0.260. The number of rotatable bonds is 2. The van der Waals surface area contributed by atoms with E-state index in [1.165, 1.54) is 0 Å². The van der Waals surface area contributed by atoms with Crippen LogP contribution in [0.5, 0.6) is 0 Å². The maximum atomic E-state index is 12.8. The van der Waals surface area contributed by atoms with Crippen molar-refractivity contribution in [2.24, 2.45) is 17.6 Å². The molecule has 5 nitrogen and oxygen atoms in total. The zero-order valence-electron chi connectivity index (χ0n) is 12.2. The molecule has 3 atom stereocenters. The Kier molecular flexibility index (Phi) is 4.36. The van der Waals surface area contributed by atoms with Crippen molar-refractivity contribution >= 4 is 10.2 Å². The second-order valence-corrected chi connectivity index (χ2v) is 8.59. The molecule has 0 radical (unpaired) electrons. The standard InChI is InChI=1S/C14H27N3O2S/c15-14-7-5-6-12-10-17(11-13(12)14)20(18,19)16-8-3-1-2-4-9-16/h12-14H,1-11,15H2. The molecule has 3 unspecified atom stereocenters. The lowest BCUT2D eigenvalue weighted by atomic mass is 9.78. The summed E-state index contributed by atoms with van der Waals surface area (Å²) in [5.74, 6) is 0.867. The minimum atomic E-state index is -3.26. The van der Waals surface area contributed by atoms with Crippen LogP contribution in [0.2, 0.25) is 0 Å². The summed E-state index contributed by atoms with van der Waals surface area (Å²) < 4.78 is 29.0. The second kappa shape index (κ2) is 5.91. The van der Waals surface area contributed by atoms with Crippen LogP contribution in [-0.2, 0) is 10.2 Å². The molecule has 0 spiro atoms. The molecule has 2 N–H and O–H groups in total. The number of nitrogens with two attached hydrogens (primary N) is 1. The van der Waals surface area contributed by atoms with Crippen molar-refractivity contribution in [1.29, 1.82) is 0 Å². The van der Waals surface area contributed by atoms with Crippen molar-refractivity contribution in [1.82, 2.24) is 8.61 Å². The summed E-state index contributed by atoms with van der Waals surface area (Å²) in [7, 11) is -3.26. The molecule has 0 aromatic heterocycles. The van der Waals surface area contributed by atoms with Gasteiger partial charge in [-0.2, -0.15) is 17.0 Å². The summed E-state index contributed by atoms with van der Waals surface area (Å²) in [4.78, 5) is 0. The van der Waals surface area contributed by atoms with Gasteiger partial charge in [0.1, 0.15) is 0 Å². The molecular weight excluding hydrogens is 274 g/mol. The van der Waals surface area contributed by atoms with Gasteiger partial charge in [0.25, 0.3) is 10.2 Å². The Hall–Kier alpha value is -0.170. The van der Waals surface area contributed by atoms with Gasteiger partial charge in [-0.1, -0.05) is 19.3 Å². The van der Waals surface area contributed by atoms with E-state index in [1.54, 1.807) is 8.61 Å². The molecular formula is C14H27N3O2S. The van der Waals surface area contributed by atoms with E-state index in [4.69, 9.17) is 5.73 Å². The summed E-state index contributed by atoms with van der Waals surface area (Å²) in [6.07, 6.45) is 7.66. The predicted octanol–water partition coefficient (Wildman–Crippen LogP) is 1.17. The highest BCUT2D eigenvalue weighted by atomic mass is 32.2. The molecule has 0 bridgehead atoms. The van der Waals surface area contributed by atoms with Crippen LogP contribution in [0.1, 0.15) is 44.9 Å². The highest BCUT2D eigenvalue weighted by molar-refractivity contribution is 7.86. The van der Waals surface area contributed by atoms with Crippen LogP contribution in [0, 0.1) is 11.8 Å². The van der Waals surface area contributed by atoms with Crippen molar-refractivity contribution in [2.45, 2.75) is 51.0 Å². The first-order valence-corrected chi connectivity index (χ1v) is 9.49. The minimum Gasteiger partial charge on any atom is -0.327 e. The van der Waals surface area contributed by atoms with E-state index >= 15 is 0 Å². The van der Waals surface area contributed by atoms with Crippen LogP contribution in [0.15, 0.2) is 0 Å². The first kappa shape index (κ1) is 14.8. The maximum absolute atomic E-state index is 12.8. The molecule has 2 heterocycles. The fourth-order valence-corrected chi connectivity index (χ4v) is 5.89. The van der Waals surface area contributed by atoms with E-state index in [-0.39, 0.29) is 6.04 Å². The lowest BCUT2D eigenvalue weighted by Crippen LogP contribution is -2.44. The van der Waals surface area contributed by atoms with E-state index in [9.17, 15) is 8.42 Å². The molecule has 3 aliphatic rings. The third-order valence-corrected chi connectivity index (χ3v) is 7.31. The summed E-state index contributed by atoms with van der Waals surface area (Å²) in [6.45, 7) is 2.72. The summed E-state index contributed by atoms with van der Waals surface area (Å²) in [6, 6.07) is 0.193. The Labute approximate surface area is 122 Å². The molecule has 1 aliphatic carbocycles. The third kappa shape index (κ3) is 2.75. The number of hydrogen-bond acceptors (Lipinski definition) is 3. The van der Waals surface area contributed by atoms with Gasteiger partial charge >= 0.3 is 0 Å². The van der Waals surface area contributed by atoms with Crippen LogP contribution in [0.25, 0.3) is 0 Å². The van der Waals surface area contributed by atoms with E-state index in [0.717, 1.165) is 44.9 Å². The van der Waals surface area contributed by atoms with Gasteiger partial charge in [-0.25, -0.2) is 0 Å². The van der Waals surface area contributed by atoms with Crippen LogP contribution >= 0.6 is 0 Å². The Bertz CT molecular complexity index is 432. The molecule has 6 heteroatoms. The Morgan fingerprint density at radius 3 is 2.20 bits per heavy atom. The van der Waals surface area contributed by atoms with E-state index in [2.05, 4.69) is 0 Å². The van der Waals surface area contributed by atoms with Gasteiger partial charge in [-0.05, 0) is 37.5 Å². The summed E-state index contributed by atoms with van der Waals surface area (Å²) in [5, 5.41) is 0. The van der Waals surface area contributed by atoms with Gasteiger partial charge in [0.15, 0.2) is 0 Å². The summed E-state index contributed by atoms with van der Waals surface area (Å²) >= 11 is 0. The minimum absolute atomic E-state index is 0.193. The van der Waals surface area contributed by atoms with Crippen LogP contribution < -0.4 is 5.73 Å². The Morgan fingerprint density at radius 1 is 0.850 bits per heavy atom. The first-order chi connectivity index (χ1) is 9.59. The van der Waals surface area contributed by atoms with Gasteiger partial charge in [-0.3, -0.25) is 0 Å². The fourth-order valence-electron chi connectivity index (χ4n) is 4.10. The molecule has 0 aromatic carbocycles. The smallest absolute Gasteiger partial charge is 0.281 e. The molecule has 1 saturated carbocycles. The Morgan fingerprint density at radius 2 is 1.55 bits per heavy atom. The number of fused-ring (bicyclic) bond motifs is 1. The highest BCUT2D eigenvalue weighted by Crippen LogP contribution is 2.37. The monoisotopic (exact) mass is 301 g/mol. The van der Waals surface area contributed by atoms with Crippen molar-refractivity contribution in [3.63, 3.8) is 0 Å². The van der Waals surface area contributed by atoms with Crippen molar-refractivity contribution < 1.29 is 8.42 Å². The molecule has 20 heavy (non-hydrogen) atoms. The quantitative estimate of drug-likeness (QED) is 0.832. The van der Waals surface area contributed by atoms with Crippen LogP contribution in [0.3, 0.4) is 0 Å². The normalized spacial score (nSPS) is 37.5. The van der Waals surface area contributed by atoms with Crippen molar-refractivity contribution in [3.05, 3.63) is 0 Å². The van der Waals surface area contributed by atoms with Crippen molar-refractivity contribution in [2.75, 3.05) is 26.2 Å². The van der Waals surface area contributed by atoms with Gasteiger partial charge in [0.05, 0.1) is 0 Å². The molecule has 0 amide bonds. The first-order valence-electron chi connectivity index (χ1n) is 8.10. The van der Waals surface area contributed by atoms with Crippen LogP contribution in [-0.4, -0.2) is 49.2 Å². The van der Waals surface area contributed by atoms with Gasteiger partial charge in [-0.15, -0.1) is 0 Å². The molecule has 116 valence electrons. The largest absolute Gasteiger partial charge is 0.327 e. The second-order valence-electron chi connectivity index (χ2n) is 6.66. The van der Waals surface area contributed by atoms with E-state index < -0.39 is 10.2 Å². The zero-order chi connectivity index (χ0) is 14.2.